The molecule has 0 aromatic heterocycles. The van der Waals surface area contributed by atoms with Crippen molar-refractivity contribution in [3.8, 4) is 0 Å². The summed E-state index contributed by atoms with van der Waals surface area (Å²) in [5, 5.41) is 0. The van der Waals surface area contributed by atoms with Crippen LogP contribution >= 0.6 is 0 Å². The van der Waals surface area contributed by atoms with E-state index in [9.17, 15) is 0 Å². The van der Waals surface area contributed by atoms with Gasteiger partial charge in [-0.05, 0) is 40.5 Å². The molecule has 0 radical (unpaired) electrons. The van der Waals surface area contributed by atoms with Crippen molar-refractivity contribution >= 4 is 18.9 Å². The van der Waals surface area contributed by atoms with Gasteiger partial charge in [0.25, 0.3) is 0 Å². The van der Waals surface area contributed by atoms with Gasteiger partial charge in [0, 0.05) is 18.1 Å². The third-order valence-electron chi connectivity index (χ3n) is 3.19. The molecule has 80 valence electrons. The van der Waals surface area contributed by atoms with Crippen LogP contribution in [0.1, 0.15) is 59.8 Å². The molecule has 1 fully saturated rings. The molecule has 2 heteroatoms. The van der Waals surface area contributed by atoms with Crippen molar-refractivity contribution < 1.29 is 0 Å². The maximum absolute atomic E-state index is 2.69. The molecule has 0 bridgehead atoms. The van der Waals surface area contributed by atoms with Gasteiger partial charge in [-0.2, -0.15) is 0 Å². The molecule has 1 saturated carbocycles. The SMILES string of the molecule is CC(C)N(C(C)C)C1CCCCC1.[LiH]. The Labute approximate surface area is 102 Å². The quantitative estimate of drug-likeness (QED) is 0.620. The third-order valence-corrected chi connectivity index (χ3v) is 3.19. The first-order valence-electron chi connectivity index (χ1n) is 5.90. The average molecular weight is 191 g/mol. The minimum absolute atomic E-state index is 0. The molecule has 1 aliphatic rings. The van der Waals surface area contributed by atoms with Crippen LogP contribution in [0.2, 0.25) is 0 Å². The van der Waals surface area contributed by atoms with Crippen LogP contribution in [0.3, 0.4) is 0 Å². The zero-order valence-corrected chi connectivity index (χ0v) is 9.71. The molecular weight excluding hydrogens is 165 g/mol. The van der Waals surface area contributed by atoms with Crippen molar-refractivity contribution in [2.24, 2.45) is 0 Å². The van der Waals surface area contributed by atoms with Gasteiger partial charge >= 0.3 is 18.9 Å². The van der Waals surface area contributed by atoms with Gasteiger partial charge in [-0.1, -0.05) is 19.3 Å². The fourth-order valence-electron chi connectivity index (χ4n) is 2.82. The fraction of sp³-hybridized carbons (Fsp3) is 1.00. The van der Waals surface area contributed by atoms with E-state index in [0.29, 0.717) is 12.1 Å². The van der Waals surface area contributed by atoms with Crippen LogP contribution in [0.5, 0.6) is 0 Å². The van der Waals surface area contributed by atoms with Gasteiger partial charge in [0.2, 0.25) is 0 Å². The van der Waals surface area contributed by atoms with Gasteiger partial charge < -0.3 is 0 Å². The summed E-state index contributed by atoms with van der Waals surface area (Å²) < 4.78 is 0. The second-order valence-corrected chi connectivity index (χ2v) is 4.93. The van der Waals surface area contributed by atoms with E-state index in [0.717, 1.165) is 6.04 Å². The van der Waals surface area contributed by atoms with Crippen molar-refractivity contribution in [1.82, 2.24) is 4.90 Å². The van der Waals surface area contributed by atoms with Crippen LogP contribution in [0.15, 0.2) is 0 Å². The van der Waals surface area contributed by atoms with E-state index in [2.05, 4.69) is 32.6 Å². The van der Waals surface area contributed by atoms with E-state index in [1.807, 2.05) is 0 Å². The summed E-state index contributed by atoms with van der Waals surface area (Å²) in [7, 11) is 0. The van der Waals surface area contributed by atoms with Gasteiger partial charge in [-0.3, -0.25) is 4.90 Å². The Morgan fingerprint density at radius 2 is 1.29 bits per heavy atom. The molecule has 0 atom stereocenters. The van der Waals surface area contributed by atoms with Crippen LogP contribution in [0.25, 0.3) is 0 Å². The number of hydrogen-bond acceptors (Lipinski definition) is 1. The molecule has 0 unspecified atom stereocenters. The Morgan fingerprint density at radius 3 is 1.64 bits per heavy atom. The first kappa shape index (κ1) is 14.6. The number of hydrogen-bond donors (Lipinski definition) is 0. The molecule has 0 amide bonds. The zero-order chi connectivity index (χ0) is 9.84. The van der Waals surface area contributed by atoms with Crippen molar-refractivity contribution in [1.29, 1.82) is 0 Å². The van der Waals surface area contributed by atoms with E-state index in [1.165, 1.54) is 32.1 Å². The number of rotatable bonds is 3. The van der Waals surface area contributed by atoms with Crippen molar-refractivity contribution in [3.63, 3.8) is 0 Å². The average Bonchev–Trinajstić information content (AvgIpc) is 2.04. The van der Waals surface area contributed by atoms with E-state index in [1.54, 1.807) is 0 Å². The number of nitrogens with zero attached hydrogens (tertiary/aromatic N) is 1. The molecule has 0 aliphatic heterocycles. The second-order valence-electron chi connectivity index (χ2n) is 4.93. The molecule has 0 saturated heterocycles. The molecule has 0 N–H and O–H groups in total. The second kappa shape index (κ2) is 6.94. The van der Waals surface area contributed by atoms with Crippen LogP contribution in [-0.4, -0.2) is 41.9 Å². The van der Waals surface area contributed by atoms with Crippen LogP contribution in [0, 0.1) is 0 Å². The van der Waals surface area contributed by atoms with Gasteiger partial charge in [-0.15, -0.1) is 0 Å². The van der Waals surface area contributed by atoms with E-state index in [4.69, 9.17) is 0 Å². The van der Waals surface area contributed by atoms with Crippen LogP contribution in [-0.2, 0) is 0 Å². The summed E-state index contributed by atoms with van der Waals surface area (Å²) >= 11 is 0. The van der Waals surface area contributed by atoms with Gasteiger partial charge in [0.15, 0.2) is 0 Å². The van der Waals surface area contributed by atoms with Gasteiger partial charge in [0.05, 0.1) is 0 Å². The molecule has 14 heavy (non-hydrogen) atoms. The maximum atomic E-state index is 2.69. The Morgan fingerprint density at radius 1 is 0.857 bits per heavy atom. The summed E-state index contributed by atoms with van der Waals surface area (Å²) in [6.45, 7) is 9.31. The van der Waals surface area contributed by atoms with Crippen molar-refractivity contribution in [3.05, 3.63) is 0 Å². The summed E-state index contributed by atoms with van der Waals surface area (Å²) in [4.78, 5) is 2.69. The van der Waals surface area contributed by atoms with Crippen LogP contribution in [0.4, 0.5) is 0 Å². The molecule has 1 aliphatic carbocycles. The zero-order valence-electron chi connectivity index (χ0n) is 9.71. The Hall–Kier alpha value is 0.557. The standard InChI is InChI=1S/C12H25N.Li.H/c1-10(2)13(11(3)4)12-8-6-5-7-9-12;;/h10-12H,5-9H2,1-4H3;;. The summed E-state index contributed by atoms with van der Waals surface area (Å²) in [6, 6.07) is 2.29. The predicted molar refractivity (Wildman–Crippen MR) is 66.1 cm³/mol. The summed E-state index contributed by atoms with van der Waals surface area (Å²) in [6.07, 6.45) is 7.20. The monoisotopic (exact) mass is 191 g/mol. The normalized spacial score (nSPS) is 19.1. The topological polar surface area (TPSA) is 3.24 Å². The Bertz CT molecular complexity index is 131. The predicted octanol–water partition coefficient (Wildman–Crippen LogP) is 2.79. The van der Waals surface area contributed by atoms with Crippen LogP contribution < -0.4 is 0 Å². The molecule has 0 aromatic carbocycles. The molecule has 0 aromatic rings. The molecule has 0 spiro atoms. The fourth-order valence-corrected chi connectivity index (χ4v) is 2.82. The first-order valence-corrected chi connectivity index (χ1v) is 5.90. The Balaban J connectivity index is 0.00000169. The van der Waals surface area contributed by atoms with Crippen molar-refractivity contribution in [2.45, 2.75) is 77.9 Å². The molecular formula is C12H26LiN. The Kier molecular flexibility index (Phi) is 7.21. The third kappa shape index (κ3) is 3.97. The van der Waals surface area contributed by atoms with Gasteiger partial charge in [-0.25, -0.2) is 0 Å². The molecule has 0 heterocycles. The van der Waals surface area contributed by atoms with Crippen molar-refractivity contribution in [2.75, 3.05) is 0 Å². The van der Waals surface area contributed by atoms with Gasteiger partial charge in [0.1, 0.15) is 0 Å². The van der Waals surface area contributed by atoms with E-state index < -0.39 is 0 Å². The summed E-state index contributed by atoms with van der Waals surface area (Å²) in [5.41, 5.74) is 0. The first-order chi connectivity index (χ1) is 6.13. The summed E-state index contributed by atoms with van der Waals surface area (Å²) in [5.74, 6) is 0. The minimum atomic E-state index is 0. The van der Waals surface area contributed by atoms with E-state index >= 15 is 0 Å². The molecule has 1 rings (SSSR count). The van der Waals surface area contributed by atoms with E-state index in [-0.39, 0.29) is 18.9 Å². The molecule has 1 nitrogen and oxygen atoms in total.